The zero-order valence-electron chi connectivity index (χ0n) is 17.0. The fourth-order valence-corrected chi connectivity index (χ4v) is 5.97. The fraction of sp³-hybridized carbons (Fsp3) is 0.900. The van der Waals surface area contributed by atoms with Gasteiger partial charge in [-0.15, -0.1) is 0 Å². The molecular weight excluding hydrogens is 342 g/mol. The minimum Gasteiger partial charge on any atom is -0.377 e. The zero-order valence-corrected chi connectivity index (χ0v) is 17.0. The summed E-state index contributed by atoms with van der Waals surface area (Å²) < 4.78 is 6.11. The average molecular weight is 378 g/mol. The number of amides is 1. The molecule has 1 amide bonds. The largest absolute Gasteiger partial charge is 0.377 e. The molecule has 0 bridgehead atoms. The number of rotatable bonds is 3. The van der Waals surface area contributed by atoms with Crippen LogP contribution in [0.5, 0.6) is 0 Å². The molecule has 27 heavy (non-hydrogen) atoms. The summed E-state index contributed by atoms with van der Waals surface area (Å²) in [6.45, 7) is 8.10. The third-order valence-corrected chi connectivity index (χ3v) is 7.76. The normalized spacial score (nSPS) is 33.8. The number of piperazine rings is 1. The molecule has 0 aromatic rings. The maximum Gasteiger partial charge on any atom is 0.237 e. The molecule has 3 N–H and O–H groups in total. The molecular formula is C20H35N5O2. The number of fused-ring (bicyclic) bond motifs is 2. The topological polar surface area (TPSA) is 83.2 Å². The number of nitrogens with zero attached hydrogens (tertiary/aromatic N) is 3. The molecule has 7 heteroatoms. The summed E-state index contributed by atoms with van der Waals surface area (Å²) in [5.41, 5.74) is 5.32. The van der Waals surface area contributed by atoms with E-state index in [0.717, 1.165) is 38.7 Å². The number of ether oxygens (including phenoxy) is 1. The van der Waals surface area contributed by atoms with Crippen molar-refractivity contribution in [3.8, 4) is 0 Å². The Kier molecular flexibility index (Phi) is 4.87. The second-order valence-corrected chi connectivity index (χ2v) is 9.25. The first-order valence-electron chi connectivity index (χ1n) is 10.5. The third-order valence-electron chi connectivity index (χ3n) is 7.76. The number of nitrogens with two attached hydrogens (primary N) is 1. The van der Waals surface area contributed by atoms with Gasteiger partial charge in [-0.25, -0.2) is 0 Å². The average Bonchev–Trinajstić information content (AvgIpc) is 3.31. The van der Waals surface area contributed by atoms with E-state index in [4.69, 9.17) is 10.5 Å². The SMILES string of the molecule is CN=C(NC1C2CCOC2C12CCCC2)N1CCN(C(C)(C)C(N)=O)CC1. The smallest absolute Gasteiger partial charge is 0.237 e. The maximum absolute atomic E-state index is 11.8. The Labute approximate surface area is 162 Å². The van der Waals surface area contributed by atoms with E-state index in [2.05, 4.69) is 20.1 Å². The summed E-state index contributed by atoms with van der Waals surface area (Å²) in [5, 5.41) is 3.84. The summed E-state index contributed by atoms with van der Waals surface area (Å²) in [5.74, 6) is 1.38. The lowest BCUT2D eigenvalue weighted by Gasteiger charge is -2.57. The second-order valence-electron chi connectivity index (χ2n) is 9.25. The Bertz CT molecular complexity index is 605. The highest BCUT2D eigenvalue weighted by molar-refractivity contribution is 5.84. The predicted molar refractivity (Wildman–Crippen MR) is 105 cm³/mol. The first kappa shape index (κ1) is 19.0. The zero-order chi connectivity index (χ0) is 19.2. The minimum atomic E-state index is -0.598. The fourth-order valence-electron chi connectivity index (χ4n) is 5.97. The predicted octanol–water partition coefficient (Wildman–Crippen LogP) is 0.791. The maximum atomic E-state index is 11.8. The quantitative estimate of drug-likeness (QED) is 0.561. The molecule has 2 aliphatic carbocycles. The van der Waals surface area contributed by atoms with E-state index in [-0.39, 0.29) is 5.91 Å². The van der Waals surface area contributed by atoms with Gasteiger partial charge in [-0.3, -0.25) is 14.7 Å². The van der Waals surface area contributed by atoms with Crippen molar-refractivity contribution in [2.45, 2.75) is 63.6 Å². The highest BCUT2D eigenvalue weighted by atomic mass is 16.5. The summed E-state index contributed by atoms with van der Waals surface area (Å²) in [6, 6.07) is 0.492. The minimum absolute atomic E-state index is 0.261. The number of nitrogens with one attached hydrogen (secondary N) is 1. The molecule has 3 unspecified atom stereocenters. The molecule has 4 rings (SSSR count). The highest BCUT2D eigenvalue weighted by Gasteiger charge is 2.65. The van der Waals surface area contributed by atoms with E-state index in [9.17, 15) is 4.79 Å². The van der Waals surface area contributed by atoms with Crippen LogP contribution in [0.4, 0.5) is 0 Å². The van der Waals surface area contributed by atoms with Gasteiger partial charge in [0, 0.05) is 57.2 Å². The number of carbonyl (C=O) groups excluding carboxylic acids is 1. The van der Waals surface area contributed by atoms with Crippen LogP contribution in [0.15, 0.2) is 4.99 Å². The number of guanidine groups is 1. The van der Waals surface area contributed by atoms with Gasteiger partial charge in [0.2, 0.25) is 5.91 Å². The highest BCUT2D eigenvalue weighted by Crippen LogP contribution is 2.60. The van der Waals surface area contributed by atoms with E-state index >= 15 is 0 Å². The van der Waals surface area contributed by atoms with Crippen molar-refractivity contribution in [3.63, 3.8) is 0 Å². The van der Waals surface area contributed by atoms with Gasteiger partial charge in [-0.1, -0.05) is 12.8 Å². The van der Waals surface area contributed by atoms with Gasteiger partial charge in [-0.05, 0) is 33.1 Å². The Morgan fingerprint density at radius 2 is 1.89 bits per heavy atom. The van der Waals surface area contributed by atoms with E-state index < -0.39 is 5.54 Å². The van der Waals surface area contributed by atoms with Crippen LogP contribution < -0.4 is 11.1 Å². The Morgan fingerprint density at radius 3 is 2.48 bits per heavy atom. The molecule has 3 atom stereocenters. The molecule has 2 heterocycles. The van der Waals surface area contributed by atoms with Crippen molar-refractivity contribution in [1.82, 2.24) is 15.1 Å². The molecule has 4 aliphatic rings. The van der Waals surface area contributed by atoms with Gasteiger partial charge in [0.05, 0.1) is 11.6 Å². The lowest BCUT2D eigenvalue weighted by molar-refractivity contribution is -0.129. The Balaban J connectivity index is 1.40. The number of carbonyl (C=O) groups is 1. The number of hydrogen-bond donors (Lipinski definition) is 2. The summed E-state index contributed by atoms with van der Waals surface area (Å²) in [7, 11) is 1.88. The van der Waals surface area contributed by atoms with Gasteiger partial charge < -0.3 is 20.7 Å². The number of primary amides is 1. The molecule has 0 aromatic carbocycles. The molecule has 0 aromatic heterocycles. The second kappa shape index (κ2) is 6.92. The van der Waals surface area contributed by atoms with Gasteiger partial charge in [0.25, 0.3) is 0 Å². The molecule has 1 spiro atoms. The summed E-state index contributed by atoms with van der Waals surface area (Å²) in [6.07, 6.45) is 6.84. The molecule has 152 valence electrons. The molecule has 0 radical (unpaired) electrons. The van der Waals surface area contributed by atoms with Crippen LogP contribution in [-0.4, -0.2) is 79.2 Å². The van der Waals surface area contributed by atoms with Crippen molar-refractivity contribution in [1.29, 1.82) is 0 Å². The van der Waals surface area contributed by atoms with Gasteiger partial charge in [-0.2, -0.15) is 0 Å². The van der Waals surface area contributed by atoms with Crippen LogP contribution in [0.25, 0.3) is 0 Å². The van der Waals surface area contributed by atoms with E-state index in [1.807, 2.05) is 20.9 Å². The monoisotopic (exact) mass is 377 g/mol. The van der Waals surface area contributed by atoms with Crippen molar-refractivity contribution in [2.75, 3.05) is 39.8 Å². The van der Waals surface area contributed by atoms with Crippen LogP contribution in [0.1, 0.15) is 46.0 Å². The molecule has 7 nitrogen and oxygen atoms in total. The standard InChI is InChI=1S/C20H35N5O2/c1-19(2,17(21)26)25-11-9-24(10-12-25)18(22-3)23-15-14-6-13-27-16(14)20(15)7-4-5-8-20/h14-16H,4-13H2,1-3H3,(H2,21,26)(H,22,23). The van der Waals surface area contributed by atoms with Crippen LogP contribution in [0, 0.1) is 11.3 Å². The molecule has 4 fully saturated rings. The van der Waals surface area contributed by atoms with Crippen molar-refractivity contribution in [2.24, 2.45) is 22.1 Å². The van der Waals surface area contributed by atoms with Crippen molar-refractivity contribution < 1.29 is 9.53 Å². The first-order valence-corrected chi connectivity index (χ1v) is 10.5. The number of aliphatic imine (C=N–C) groups is 1. The lowest BCUT2D eigenvalue weighted by atomic mass is 9.54. The van der Waals surface area contributed by atoms with Crippen LogP contribution >= 0.6 is 0 Å². The summed E-state index contributed by atoms with van der Waals surface area (Å²) >= 11 is 0. The molecule has 2 saturated heterocycles. The van der Waals surface area contributed by atoms with Crippen molar-refractivity contribution in [3.05, 3.63) is 0 Å². The Hall–Kier alpha value is -1.34. The van der Waals surface area contributed by atoms with Crippen LogP contribution in [-0.2, 0) is 9.53 Å². The van der Waals surface area contributed by atoms with E-state index in [0.29, 0.717) is 23.5 Å². The van der Waals surface area contributed by atoms with Gasteiger partial charge in [0.1, 0.15) is 0 Å². The van der Waals surface area contributed by atoms with Crippen LogP contribution in [0.2, 0.25) is 0 Å². The molecule has 2 saturated carbocycles. The van der Waals surface area contributed by atoms with Crippen LogP contribution in [0.3, 0.4) is 0 Å². The summed E-state index contributed by atoms with van der Waals surface area (Å²) in [4.78, 5) is 20.9. The van der Waals surface area contributed by atoms with E-state index in [1.54, 1.807) is 0 Å². The Morgan fingerprint density at radius 1 is 1.22 bits per heavy atom. The van der Waals surface area contributed by atoms with Gasteiger partial charge >= 0.3 is 0 Å². The van der Waals surface area contributed by atoms with Crippen molar-refractivity contribution >= 4 is 11.9 Å². The molecule has 2 aliphatic heterocycles. The third kappa shape index (κ3) is 2.94. The first-order chi connectivity index (χ1) is 12.9. The lowest BCUT2D eigenvalue weighted by Crippen LogP contribution is -2.70. The van der Waals surface area contributed by atoms with Gasteiger partial charge in [0.15, 0.2) is 5.96 Å². The van der Waals surface area contributed by atoms with E-state index in [1.165, 1.54) is 32.1 Å². The number of hydrogen-bond acceptors (Lipinski definition) is 4.